The van der Waals surface area contributed by atoms with E-state index in [1.165, 1.54) is 12.8 Å². The second-order valence-corrected chi connectivity index (χ2v) is 2.65. The van der Waals surface area contributed by atoms with E-state index in [-0.39, 0.29) is 0 Å². The van der Waals surface area contributed by atoms with E-state index < -0.39 is 0 Å². The normalized spacial score (nSPS) is 10.0. The highest BCUT2D eigenvalue weighted by molar-refractivity contribution is 5.33. The van der Waals surface area contributed by atoms with Gasteiger partial charge in [-0.2, -0.15) is 0 Å². The molecular weight excluding hydrogens is 138 g/mol. The van der Waals surface area contributed by atoms with Gasteiger partial charge in [0.2, 0.25) is 0 Å². The first-order chi connectivity index (χ1) is 5.34. The lowest BCUT2D eigenvalue weighted by atomic mass is 10.3. The van der Waals surface area contributed by atoms with Gasteiger partial charge in [0.1, 0.15) is 5.82 Å². The van der Waals surface area contributed by atoms with Crippen LogP contribution in [0.4, 0.5) is 5.82 Å². The first-order valence-electron chi connectivity index (χ1n) is 3.97. The van der Waals surface area contributed by atoms with Gasteiger partial charge in [0, 0.05) is 19.8 Å². The predicted molar refractivity (Wildman–Crippen MR) is 45.6 cm³/mol. The molecule has 1 N–H and O–H groups in total. The molecule has 0 saturated carbocycles. The highest BCUT2D eigenvalue weighted by Crippen LogP contribution is 2.05. The van der Waals surface area contributed by atoms with Crippen LogP contribution >= 0.6 is 0 Å². The lowest BCUT2D eigenvalue weighted by Gasteiger charge is -2.14. The summed E-state index contributed by atoms with van der Waals surface area (Å²) in [4.78, 5) is 8.95. The van der Waals surface area contributed by atoms with Crippen LogP contribution in [0.2, 0.25) is 0 Å². The van der Waals surface area contributed by atoms with E-state index >= 15 is 0 Å². The molecule has 0 bridgehead atoms. The Labute approximate surface area is 67.4 Å². The van der Waals surface area contributed by atoms with E-state index in [9.17, 15) is 0 Å². The van der Waals surface area contributed by atoms with Gasteiger partial charge in [0.05, 0.1) is 0 Å². The molecule has 0 aliphatic heterocycles. The van der Waals surface area contributed by atoms with Crippen molar-refractivity contribution in [1.82, 2.24) is 9.97 Å². The van der Waals surface area contributed by atoms with Crippen molar-refractivity contribution in [2.45, 2.75) is 19.8 Å². The number of rotatable bonds is 4. The molecule has 0 unspecified atom stereocenters. The molecule has 11 heavy (non-hydrogen) atoms. The van der Waals surface area contributed by atoms with Crippen molar-refractivity contribution in [1.29, 1.82) is 0 Å². The van der Waals surface area contributed by atoms with Gasteiger partial charge in [-0.1, -0.05) is 13.3 Å². The van der Waals surface area contributed by atoms with E-state index in [2.05, 4.69) is 28.1 Å². The Bertz CT molecular complexity index is 181. The Morgan fingerprint density at radius 3 is 3.09 bits per heavy atom. The molecule has 0 aliphatic carbocycles. The van der Waals surface area contributed by atoms with Crippen molar-refractivity contribution in [3.05, 3.63) is 12.5 Å². The lowest BCUT2D eigenvalue weighted by molar-refractivity contribution is 0.761. The van der Waals surface area contributed by atoms with Gasteiger partial charge in [-0.3, -0.25) is 0 Å². The number of nitrogens with zero attached hydrogens (tertiary/aromatic N) is 2. The predicted octanol–water partition coefficient (Wildman–Crippen LogP) is 1.45. The van der Waals surface area contributed by atoms with Crippen LogP contribution in [0.1, 0.15) is 19.8 Å². The zero-order chi connectivity index (χ0) is 8.10. The maximum atomic E-state index is 4.01. The van der Waals surface area contributed by atoms with Crippen molar-refractivity contribution in [2.75, 3.05) is 18.5 Å². The van der Waals surface area contributed by atoms with Gasteiger partial charge < -0.3 is 9.88 Å². The number of anilines is 1. The fraction of sp³-hybridized carbons (Fsp3) is 0.625. The van der Waals surface area contributed by atoms with Crippen molar-refractivity contribution < 1.29 is 0 Å². The number of nitrogens with one attached hydrogen (secondary N) is 1. The standard InChI is InChI=1S/C8H14N3/c1-3-4-5-11(2)8-6-9-7-10-8/h6H,3-5H2,1-2H3,(H,9,10). The van der Waals surface area contributed by atoms with Crippen LogP contribution in [-0.4, -0.2) is 23.6 Å². The minimum absolute atomic E-state index is 0.971. The Balaban J connectivity index is 2.36. The van der Waals surface area contributed by atoms with Crippen molar-refractivity contribution >= 4 is 5.82 Å². The third kappa shape index (κ3) is 2.26. The van der Waals surface area contributed by atoms with E-state index in [0.717, 1.165) is 12.4 Å². The summed E-state index contributed by atoms with van der Waals surface area (Å²) < 4.78 is 0. The van der Waals surface area contributed by atoms with Crippen LogP contribution < -0.4 is 4.90 Å². The Kier molecular flexibility index (Phi) is 2.95. The Morgan fingerprint density at radius 1 is 1.73 bits per heavy atom. The van der Waals surface area contributed by atoms with Gasteiger partial charge in [-0.15, -0.1) is 0 Å². The summed E-state index contributed by atoms with van der Waals surface area (Å²) in [5.41, 5.74) is 0. The maximum absolute atomic E-state index is 4.01. The van der Waals surface area contributed by atoms with E-state index in [1.54, 1.807) is 0 Å². The first kappa shape index (κ1) is 8.11. The molecule has 1 aromatic heterocycles. The summed E-state index contributed by atoms with van der Waals surface area (Å²) in [7, 11) is 2.04. The molecule has 0 amide bonds. The van der Waals surface area contributed by atoms with Crippen LogP contribution in [0.25, 0.3) is 0 Å². The van der Waals surface area contributed by atoms with Crippen LogP contribution in [0.15, 0.2) is 6.20 Å². The van der Waals surface area contributed by atoms with Crippen molar-refractivity contribution in [2.24, 2.45) is 0 Å². The maximum Gasteiger partial charge on any atom is 0.175 e. The summed E-state index contributed by atoms with van der Waals surface area (Å²) in [6, 6.07) is 0. The fourth-order valence-corrected chi connectivity index (χ4v) is 0.924. The fourth-order valence-electron chi connectivity index (χ4n) is 0.924. The Morgan fingerprint density at radius 2 is 2.55 bits per heavy atom. The number of hydrogen-bond donors (Lipinski definition) is 1. The number of aromatic amines is 1. The highest BCUT2D eigenvalue weighted by atomic mass is 15.2. The molecule has 1 radical (unpaired) electrons. The van der Waals surface area contributed by atoms with Crippen LogP contribution in [0.5, 0.6) is 0 Å². The second kappa shape index (κ2) is 4.01. The zero-order valence-electron chi connectivity index (χ0n) is 7.09. The molecule has 0 spiro atoms. The Hall–Kier alpha value is -0.990. The molecule has 61 valence electrons. The molecule has 1 heterocycles. The molecule has 0 saturated heterocycles. The monoisotopic (exact) mass is 152 g/mol. The molecule has 0 fully saturated rings. The van der Waals surface area contributed by atoms with Gasteiger partial charge >= 0.3 is 0 Å². The third-order valence-corrected chi connectivity index (χ3v) is 1.67. The van der Waals surface area contributed by atoms with Crippen LogP contribution in [-0.2, 0) is 0 Å². The van der Waals surface area contributed by atoms with Gasteiger partial charge in [0.15, 0.2) is 6.33 Å². The molecule has 1 rings (SSSR count). The summed E-state index contributed by atoms with van der Waals surface area (Å²) in [5, 5.41) is 0. The smallest absolute Gasteiger partial charge is 0.175 e. The van der Waals surface area contributed by atoms with Crippen molar-refractivity contribution in [3.8, 4) is 0 Å². The average molecular weight is 152 g/mol. The quantitative estimate of drug-likeness (QED) is 0.708. The molecule has 0 aliphatic rings. The topological polar surface area (TPSA) is 31.9 Å². The molecule has 3 nitrogen and oxygen atoms in total. The van der Waals surface area contributed by atoms with Crippen LogP contribution in [0.3, 0.4) is 0 Å². The largest absolute Gasteiger partial charge is 0.358 e. The molecule has 0 atom stereocenters. The number of H-pyrrole nitrogens is 1. The highest BCUT2D eigenvalue weighted by Gasteiger charge is 1.99. The number of imidazole rings is 1. The van der Waals surface area contributed by atoms with Gasteiger partial charge in [0.25, 0.3) is 0 Å². The average Bonchev–Trinajstić information content (AvgIpc) is 2.52. The third-order valence-electron chi connectivity index (χ3n) is 1.67. The number of aromatic nitrogens is 2. The minimum atomic E-state index is 0.971. The van der Waals surface area contributed by atoms with Gasteiger partial charge in [-0.05, 0) is 6.42 Å². The van der Waals surface area contributed by atoms with E-state index in [0.29, 0.717) is 0 Å². The lowest BCUT2D eigenvalue weighted by Crippen LogP contribution is -2.18. The summed E-state index contributed by atoms with van der Waals surface area (Å²) in [6.07, 6.45) is 6.96. The summed E-state index contributed by atoms with van der Waals surface area (Å²) in [6.45, 7) is 3.25. The molecule has 1 aromatic rings. The number of unbranched alkanes of at least 4 members (excludes halogenated alkanes) is 1. The molecular formula is C8H14N3. The van der Waals surface area contributed by atoms with Crippen molar-refractivity contribution in [3.63, 3.8) is 0 Å². The number of hydrogen-bond acceptors (Lipinski definition) is 2. The molecule has 0 aromatic carbocycles. The first-order valence-corrected chi connectivity index (χ1v) is 3.97. The van der Waals surface area contributed by atoms with Gasteiger partial charge in [-0.25, -0.2) is 4.98 Å². The van der Waals surface area contributed by atoms with Crippen LogP contribution in [0, 0.1) is 6.33 Å². The summed E-state index contributed by atoms with van der Waals surface area (Å²) >= 11 is 0. The summed E-state index contributed by atoms with van der Waals surface area (Å²) in [5.74, 6) is 0.971. The van der Waals surface area contributed by atoms with E-state index in [4.69, 9.17) is 0 Å². The SMILES string of the molecule is CCCCN(C)c1c[nH][c]n1. The zero-order valence-corrected chi connectivity index (χ0v) is 7.09. The minimum Gasteiger partial charge on any atom is -0.358 e. The van der Waals surface area contributed by atoms with E-state index in [1.807, 2.05) is 13.2 Å². The second-order valence-electron chi connectivity index (χ2n) is 2.65. The molecule has 3 heteroatoms.